The average Bonchev–Trinajstić information content (AvgIpc) is 3.27. The molecule has 0 bridgehead atoms. The van der Waals surface area contributed by atoms with Gasteiger partial charge in [0.25, 0.3) is 0 Å². The molecule has 3 aromatic heterocycles. The van der Waals surface area contributed by atoms with E-state index in [0.29, 0.717) is 11.5 Å². The van der Waals surface area contributed by atoms with E-state index in [1.165, 1.54) is 6.26 Å². The highest BCUT2D eigenvalue weighted by atomic mass is 16.5. The molecule has 0 spiro atoms. The summed E-state index contributed by atoms with van der Waals surface area (Å²) in [4.78, 5) is 27.6. The molecule has 3 heterocycles. The number of hydrogen-bond acceptors (Lipinski definition) is 8. The predicted octanol–water partition coefficient (Wildman–Crippen LogP) is 1.07. The van der Waals surface area contributed by atoms with Crippen molar-refractivity contribution in [2.45, 2.75) is 19.9 Å². The number of rotatable bonds is 6. The first-order valence-electron chi connectivity index (χ1n) is 6.96. The molecule has 124 valence electrons. The smallest absolute Gasteiger partial charge is 0.315 e. The molecule has 0 aliphatic rings. The van der Waals surface area contributed by atoms with Crippen molar-refractivity contribution in [2.75, 3.05) is 5.32 Å². The summed E-state index contributed by atoms with van der Waals surface area (Å²) in [5, 5.41) is 12.3. The van der Waals surface area contributed by atoms with Crippen LogP contribution in [0.2, 0.25) is 0 Å². The van der Waals surface area contributed by atoms with Crippen LogP contribution in [0.15, 0.2) is 37.9 Å². The van der Waals surface area contributed by atoms with Gasteiger partial charge in [-0.3, -0.25) is 9.59 Å². The van der Waals surface area contributed by atoms with Crippen LogP contribution in [-0.2, 0) is 17.8 Å². The van der Waals surface area contributed by atoms with Gasteiger partial charge in [-0.25, -0.2) is 0 Å². The van der Waals surface area contributed by atoms with Crippen molar-refractivity contribution in [2.24, 2.45) is 0 Å². The largest absolute Gasteiger partial charge is 0.467 e. The average molecular weight is 331 g/mol. The van der Waals surface area contributed by atoms with Crippen molar-refractivity contribution < 1.29 is 23.1 Å². The van der Waals surface area contributed by atoms with Gasteiger partial charge in [0.05, 0.1) is 19.2 Å². The SMILES string of the molecule is Cc1cc(NC(=O)Cc2noc(C(=O)NCc3ccco3)n2)no1. The molecule has 3 aromatic rings. The van der Waals surface area contributed by atoms with Crippen molar-refractivity contribution in [1.29, 1.82) is 0 Å². The minimum absolute atomic E-state index is 0.0795. The third-order valence-electron chi connectivity index (χ3n) is 2.88. The number of furan rings is 1. The molecule has 0 aliphatic carbocycles. The van der Waals surface area contributed by atoms with Crippen LogP contribution in [0.25, 0.3) is 0 Å². The Bertz CT molecular complexity index is 835. The number of nitrogens with zero attached hydrogens (tertiary/aromatic N) is 3. The Balaban J connectivity index is 1.52. The van der Waals surface area contributed by atoms with E-state index in [9.17, 15) is 9.59 Å². The molecular weight excluding hydrogens is 318 g/mol. The molecular formula is C14H13N5O5. The Kier molecular flexibility index (Phi) is 4.36. The molecule has 10 heteroatoms. The zero-order valence-corrected chi connectivity index (χ0v) is 12.6. The first kappa shape index (κ1) is 15.5. The van der Waals surface area contributed by atoms with E-state index in [1.807, 2.05) is 0 Å². The summed E-state index contributed by atoms with van der Waals surface area (Å²) in [7, 11) is 0. The number of nitrogens with one attached hydrogen (secondary N) is 2. The molecule has 3 rings (SSSR count). The third-order valence-corrected chi connectivity index (χ3v) is 2.88. The zero-order valence-electron chi connectivity index (χ0n) is 12.6. The molecule has 2 N–H and O–H groups in total. The molecule has 10 nitrogen and oxygen atoms in total. The molecule has 0 saturated carbocycles. The third kappa shape index (κ3) is 3.85. The van der Waals surface area contributed by atoms with Crippen molar-refractivity contribution in [1.82, 2.24) is 20.6 Å². The fraction of sp³-hybridized carbons (Fsp3) is 0.214. The quantitative estimate of drug-likeness (QED) is 0.684. The van der Waals surface area contributed by atoms with Gasteiger partial charge in [0.15, 0.2) is 11.6 Å². The van der Waals surface area contributed by atoms with Crippen LogP contribution in [0.1, 0.15) is 28.0 Å². The number of hydrogen-bond donors (Lipinski definition) is 2. The van der Waals surface area contributed by atoms with Crippen LogP contribution in [0, 0.1) is 6.92 Å². The number of aromatic nitrogens is 3. The molecule has 0 saturated heterocycles. The number of aryl methyl sites for hydroxylation is 1. The highest BCUT2D eigenvalue weighted by Gasteiger charge is 2.17. The van der Waals surface area contributed by atoms with Gasteiger partial charge in [0.2, 0.25) is 5.91 Å². The Labute approximate surface area is 135 Å². The maximum Gasteiger partial charge on any atom is 0.315 e. The van der Waals surface area contributed by atoms with Crippen molar-refractivity contribution in [3.8, 4) is 0 Å². The van der Waals surface area contributed by atoms with E-state index < -0.39 is 11.8 Å². The second-order valence-corrected chi connectivity index (χ2v) is 4.83. The van der Waals surface area contributed by atoms with Crippen LogP contribution in [0.5, 0.6) is 0 Å². The Morgan fingerprint density at radius 1 is 1.25 bits per heavy atom. The zero-order chi connectivity index (χ0) is 16.9. The highest BCUT2D eigenvalue weighted by Crippen LogP contribution is 2.08. The lowest BCUT2D eigenvalue weighted by Gasteiger charge is -1.98. The van der Waals surface area contributed by atoms with Gasteiger partial charge in [-0.15, -0.1) is 0 Å². The predicted molar refractivity (Wildman–Crippen MR) is 77.7 cm³/mol. The van der Waals surface area contributed by atoms with Crippen molar-refractivity contribution >= 4 is 17.6 Å². The summed E-state index contributed by atoms with van der Waals surface area (Å²) in [6.07, 6.45) is 1.34. The molecule has 0 unspecified atom stereocenters. The van der Waals surface area contributed by atoms with Gasteiger partial charge in [0.1, 0.15) is 11.5 Å². The Hall–Kier alpha value is -3.43. The summed E-state index contributed by atoms with van der Waals surface area (Å²) < 4.78 is 14.8. The number of carbonyl (C=O) groups excluding carboxylic acids is 2. The van der Waals surface area contributed by atoms with Gasteiger partial charge in [-0.05, 0) is 19.1 Å². The maximum absolute atomic E-state index is 11.9. The van der Waals surface area contributed by atoms with Gasteiger partial charge in [0, 0.05) is 6.07 Å². The lowest BCUT2D eigenvalue weighted by atomic mass is 10.3. The number of amides is 2. The Morgan fingerprint density at radius 2 is 2.12 bits per heavy atom. The van der Waals surface area contributed by atoms with Gasteiger partial charge in [-0.2, -0.15) is 4.98 Å². The fourth-order valence-electron chi connectivity index (χ4n) is 1.83. The lowest BCUT2D eigenvalue weighted by molar-refractivity contribution is -0.115. The summed E-state index contributed by atoms with van der Waals surface area (Å²) >= 11 is 0. The van der Waals surface area contributed by atoms with Crippen molar-refractivity contribution in [3.05, 3.63) is 47.7 Å². The highest BCUT2D eigenvalue weighted by molar-refractivity contribution is 5.91. The summed E-state index contributed by atoms with van der Waals surface area (Å²) in [5.41, 5.74) is 0. The minimum Gasteiger partial charge on any atom is -0.467 e. The molecule has 0 aliphatic heterocycles. The van der Waals surface area contributed by atoms with Crippen LogP contribution in [0.3, 0.4) is 0 Å². The van der Waals surface area contributed by atoms with Crippen molar-refractivity contribution in [3.63, 3.8) is 0 Å². The van der Waals surface area contributed by atoms with Crippen LogP contribution in [0.4, 0.5) is 5.82 Å². The fourth-order valence-corrected chi connectivity index (χ4v) is 1.83. The van der Waals surface area contributed by atoms with E-state index in [4.69, 9.17) is 13.5 Å². The minimum atomic E-state index is -0.558. The van der Waals surface area contributed by atoms with E-state index in [-0.39, 0.29) is 30.5 Å². The van der Waals surface area contributed by atoms with E-state index in [1.54, 1.807) is 25.1 Å². The van der Waals surface area contributed by atoms with Gasteiger partial charge in [-0.1, -0.05) is 10.3 Å². The number of carbonyl (C=O) groups is 2. The molecule has 0 fully saturated rings. The summed E-state index contributed by atoms with van der Waals surface area (Å²) in [6.45, 7) is 1.89. The van der Waals surface area contributed by atoms with Crippen LogP contribution < -0.4 is 10.6 Å². The van der Waals surface area contributed by atoms with Gasteiger partial charge >= 0.3 is 11.8 Å². The van der Waals surface area contributed by atoms with E-state index in [0.717, 1.165) is 0 Å². The molecule has 0 radical (unpaired) electrons. The topological polar surface area (TPSA) is 136 Å². The number of anilines is 1. The first-order chi connectivity index (χ1) is 11.6. The second kappa shape index (κ2) is 6.77. The first-order valence-corrected chi connectivity index (χ1v) is 6.96. The van der Waals surface area contributed by atoms with Gasteiger partial charge < -0.3 is 24.1 Å². The monoisotopic (exact) mass is 331 g/mol. The summed E-state index contributed by atoms with van der Waals surface area (Å²) in [6, 6.07) is 5.00. The molecule has 0 atom stereocenters. The maximum atomic E-state index is 11.9. The second-order valence-electron chi connectivity index (χ2n) is 4.83. The molecule has 0 aromatic carbocycles. The normalized spacial score (nSPS) is 10.5. The summed E-state index contributed by atoms with van der Waals surface area (Å²) in [5.74, 6) is 0.324. The van der Waals surface area contributed by atoms with E-state index >= 15 is 0 Å². The molecule has 2 amide bonds. The van der Waals surface area contributed by atoms with Crippen LogP contribution >= 0.6 is 0 Å². The Morgan fingerprint density at radius 3 is 2.83 bits per heavy atom. The van der Waals surface area contributed by atoms with E-state index in [2.05, 4.69) is 25.9 Å². The lowest BCUT2D eigenvalue weighted by Crippen LogP contribution is -2.23. The van der Waals surface area contributed by atoms with Crippen LogP contribution in [-0.4, -0.2) is 27.1 Å². The molecule has 24 heavy (non-hydrogen) atoms. The standard InChI is InChI=1S/C14H13N5O5/c1-8-5-10(18-23-8)16-12(20)6-11-17-14(24-19-11)13(21)15-7-9-3-2-4-22-9/h2-5H,6-7H2,1H3,(H,15,21)(H,16,18,20).